The zero-order chi connectivity index (χ0) is 19.8. The molecule has 3 amide bonds. The predicted molar refractivity (Wildman–Crippen MR) is 102 cm³/mol. The van der Waals surface area contributed by atoms with Crippen LogP contribution in [0.4, 0.5) is 9.18 Å². The quantitative estimate of drug-likeness (QED) is 0.759. The van der Waals surface area contributed by atoms with E-state index in [4.69, 9.17) is 23.2 Å². The summed E-state index contributed by atoms with van der Waals surface area (Å²) in [6, 6.07) is 10.4. The topological polar surface area (TPSA) is 52.6 Å². The fraction of sp³-hybridized carbons (Fsp3) is 0.263. The average molecular weight is 410 g/mol. The highest BCUT2D eigenvalue weighted by Crippen LogP contribution is 2.35. The lowest BCUT2D eigenvalue weighted by atomic mass is 9.92. The van der Waals surface area contributed by atoms with Crippen LogP contribution in [-0.4, -0.2) is 35.5 Å². The van der Waals surface area contributed by atoms with E-state index in [9.17, 15) is 14.0 Å². The monoisotopic (exact) mass is 409 g/mol. The molecule has 8 heteroatoms. The Morgan fingerprint density at radius 3 is 2.59 bits per heavy atom. The van der Waals surface area contributed by atoms with Crippen molar-refractivity contribution < 1.29 is 14.0 Å². The van der Waals surface area contributed by atoms with Gasteiger partial charge in [0, 0.05) is 22.2 Å². The van der Waals surface area contributed by atoms with E-state index in [0.717, 1.165) is 10.5 Å². The Kier molecular flexibility index (Phi) is 5.42. The number of urea groups is 1. The molecule has 0 unspecified atom stereocenters. The molecule has 1 atom stereocenters. The summed E-state index contributed by atoms with van der Waals surface area (Å²) >= 11 is 12.2. The maximum absolute atomic E-state index is 13.3. The molecular weight excluding hydrogens is 392 g/mol. The lowest BCUT2D eigenvalue weighted by molar-refractivity contribution is -0.132. The van der Waals surface area contributed by atoms with E-state index in [2.05, 4.69) is 5.32 Å². The number of rotatable bonds is 5. The molecule has 2 aromatic rings. The fourth-order valence-corrected chi connectivity index (χ4v) is 3.74. The first kappa shape index (κ1) is 19.6. The number of nitrogens with zero attached hydrogens (tertiary/aromatic N) is 2. The van der Waals surface area contributed by atoms with Crippen LogP contribution in [0.2, 0.25) is 10.0 Å². The molecule has 0 spiro atoms. The second-order valence-corrected chi connectivity index (χ2v) is 7.54. The maximum atomic E-state index is 13.3. The summed E-state index contributed by atoms with van der Waals surface area (Å²) in [5.41, 5.74) is -0.0615. The molecule has 0 saturated carbocycles. The van der Waals surface area contributed by atoms with Gasteiger partial charge in [0.05, 0.1) is 6.67 Å². The second-order valence-electron chi connectivity index (χ2n) is 6.70. The van der Waals surface area contributed by atoms with Crippen molar-refractivity contribution in [1.29, 1.82) is 0 Å². The number of carbonyl (C=O) groups is 2. The molecule has 3 rings (SSSR count). The first-order valence-electron chi connectivity index (χ1n) is 8.23. The summed E-state index contributed by atoms with van der Waals surface area (Å²) < 4.78 is 13.3. The molecule has 1 N–H and O–H groups in total. The number of halogens is 3. The standard InChI is InChI=1S/C19H18Cl2FN3O2/c1-19(15-7-6-13(20)9-16(15)21)17(26)25(18(27)23-19)11-24(2)10-12-4-3-5-14(22)8-12/h3-9H,10-11H2,1-2H3,(H,23,27)/t19-/m0/s1. The summed E-state index contributed by atoms with van der Waals surface area (Å²) in [5.74, 6) is -0.747. The Morgan fingerprint density at radius 2 is 1.93 bits per heavy atom. The van der Waals surface area contributed by atoms with Gasteiger partial charge in [-0.2, -0.15) is 0 Å². The molecule has 1 heterocycles. The highest BCUT2D eigenvalue weighted by molar-refractivity contribution is 6.35. The number of carbonyl (C=O) groups excluding carboxylic acids is 2. The highest BCUT2D eigenvalue weighted by atomic mass is 35.5. The van der Waals surface area contributed by atoms with E-state index >= 15 is 0 Å². The molecule has 1 saturated heterocycles. The van der Waals surface area contributed by atoms with Crippen molar-refractivity contribution in [1.82, 2.24) is 15.1 Å². The van der Waals surface area contributed by atoms with Crippen molar-refractivity contribution >= 4 is 35.1 Å². The van der Waals surface area contributed by atoms with E-state index in [0.29, 0.717) is 22.2 Å². The molecule has 5 nitrogen and oxygen atoms in total. The van der Waals surface area contributed by atoms with Crippen molar-refractivity contribution in [2.24, 2.45) is 0 Å². The van der Waals surface area contributed by atoms with Crippen LogP contribution in [0.3, 0.4) is 0 Å². The van der Waals surface area contributed by atoms with Gasteiger partial charge in [-0.05, 0) is 43.8 Å². The number of imide groups is 1. The minimum absolute atomic E-state index is 0.0575. The predicted octanol–water partition coefficient (Wildman–Crippen LogP) is 3.99. The molecule has 142 valence electrons. The lowest BCUT2D eigenvalue weighted by Gasteiger charge is -2.25. The smallest absolute Gasteiger partial charge is 0.319 e. The normalized spacial score (nSPS) is 19.7. The second kappa shape index (κ2) is 7.46. The summed E-state index contributed by atoms with van der Waals surface area (Å²) in [7, 11) is 1.75. The highest BCUT2D eigenvalue weighted by Gasteiger charge is 2.50. The number of hydrogen-bond donors (Lipinski definition) is 1. The number of hydrogen-bond acceptors (Lipinski definition) is 3. The molecular formula is C19H18Cl2FN3O2. The summed E-state index contributed by atoms with van der Waals surface area (Å²) in [4.78, 5) is 28.3. The molecule has 1 fully saturated rings. The maximum Gasteiger partial charge on any atom is 0.326 e. The van der Waals surface area contributed by atoms with E-state index in [1.807, 2.05) is 0 Å². The molecule has 27 heavy (non-hydrogen) atoms. The van der Waals surface area contributed by atoms with E-state index in [-0.39, 0.29) is 12.5 Å². The third-order valence-corrected chi connectivity index (χ3v) is 5.02. The molecule has 1 aliphatic rings. The minimum Gasteiger partial charge on any atom is -0.319 e. The lowest BCUT2D eigenvalue weighted by Crippen LogP contribution is -2.43. The fourth-order valence-electron chi connectivity index (χ4n) is 3.14. The van der Waals surface area contributed by atoms with Gasteiger partial charge in [0.15, 0.2) is 0 Å². The molecule has 2 aromatic carbocycles. The third kappa shape index (κ3) is 3.93. The third-order valence-electron chi connectivity index (χ3n) is 4.47. The Bertz CT molecular complexity index is 908. The average Bonchev–Trinajstić information content (AvgIpc) is 2.78. The van der Waals surface area contributed by atoms with Crippen LogP contribution in [0.15, 0.2) is 42.5 Å². The van der Waals surface area contributed by atoms with Crippen LogP contribution >= 0.6 is 23.2 Å². The summed E-state index contributed by atoms with van der Waals surface area (Å²) in [6.45, 7) is 2.05. The Morgan fingerprint density at radius 1 is 1.19 bits per heavy atom. The molecule has 0 aromatic heterocycles. The first-order valence-corrected chi connectivity index (χ1v) is 8.99. The Labute approximate surface area is 166 Å². The van der Waals surface area contributed by atoms with Gasteiger partial charge in [-0.15, -0.1) is 0 Å². The van der Waals surface area contributed by atoms with Crippen LogP contribution in [-0.2, 0) is 16.9 Å². The first-order chi connectivity index (χ1) is 12.7. The van der Waals surface area contributed by atoms with Gasteiger partial charge < -0.3 is 5.32 Å². The van der Waals surface area contributed by atoms with Gasteiger partial charge >= 0.3 is 6.03 Å². The van der Waals surface area contributed by atoms with Gasteiger partial charge in [-0.3, -0.25) is 9.69 Å². The molecule has 0 radical (unpaired) electrons. The van der Waals surface area contributed by atoms with Crippen LogP contribution in [0.1, 0.15) is 18.1 Å². The van der Waals surface area contributed by atoms with Gasteiger partial charge in [-0.25, -0.2) is 14.1 Å². The van der Waals surface area contributed by atoms with Gasteiger partial charge in [-0.1, -0.05) is 41.4 Å². The van der Waals surface area contributed by atoms with Crippen LogP contribution in [0, 0.1) is 5.82 Å². The van der Waals surface area contributed by atoms with Crippen molar-refractivity contribution in [3.05, 3.63) is 69.5 Å². The van der Waals surface area contributed by atoms with Gasteiger partial charge in [0.2, 0.25) is 0 Å². The SMILES string of the molecule is CN(Cc1cccc(F)c1)CN1C(=O)N[C@@](C)(c2ccc(Cl)cc2Cl)C1=O. The van der Waals surface area contributed by atoms with Crippen molar-refractivity contribution in [3.8, 4) is 0 Å². The van der Waals surface area contributed by atoms with E-state index < -0.39 is 17.5 Å². The van der Waals surface area contributed by atoms with E-state index in [1.54, 1.807) is 43.1 Å². The number of benzene rings is 2. The molecule has 0 aliphatic carbocycles. The number of nitrogens with one attached hydrogen (secondary N) is 1. The Balaban J connectivity index is 1.77. The minimum atomic E-state index is -1.28. The van der Waals surface area contributed by atoms with Crippen LogP contribution in [0.25, 0.3) is 0 Å². The van der Waals surface area contributed by atoms with Gasteiger partial charge in [0.25, 0.3) is 5.91 Å². The summed E-state index contributed by atoms with van der Waals surface area (Å²) in [6.07, 6.45) is 0. The molecule has 1 aliphatic heterocycles. The van der Waals surface area contributed by atoms with E-state index in [1.165, 1.54) is 18.2 Å². The zero-order valence-electron chi connectivity index (χ0n) is 14.8. The largest absolute Gasteiger partial charge is 0.326 e. The van der Waals surface area contributed by atoms with Crippen molar-refractivity contribution in [3.63, 3.8) is 0 Å². The van der Waals surface area contributed by atoms with Gasteiger partial charge in [0.1, 0.15) is 11.4 Å². The van der Waals surface area contributed by atoms with Crippen molar-refractivity contribution in [2.45, 2.75) is 19.0 Å². The van der Waals surface area contributed by atoms with Crippen molar-refractivity contribution in [2.75, 3.05) is 13.7 Å². The molecule has 0 bridgehead atoms. The zero-order valence-corrected chi connectivity index (χ0v) is 16.3. The van der Waals surface area contributed by atoms with Crippen LogP contribution in [0.5, 0.6) is 0 Å². The summed E-state index contributed by atoms with van der Waals surface area (Å²) in [5, 5.41) is 3.45. The Hall–Kier alpha value is -2.15. The van der Waals surface area contributed by atoms with Crippen LogP contribution < -0.4 is 5.32 Å². The number of amides is 3.